The molecule has 8 nitrogen and oxygen atoms in total. The Hall–Kier alpha value is -2.23. The number of fused-ring (bicyclic) bond motifs is 1. The number of hydrogen-bond acceptors (Lipinski definition) is 9. The van der Waals surface area contributed by atoms with Gasteiger partial charge in [-0.05, 0) is 61.9 Å². The van der Waals surface area contributed by atoms with Gasteiger partial charge in [0.05, 0.1) is 18.8 Å². The van der Waals surface area contributed by atoms with Crippen LogP contribution < -0.4 is 9.64 Å². The quantitative estimate of drug-likeness (QED) is 0.704. The number of piperidine rings is 1. The van der Waals surface area contributed by atoms with Gasteiger partial charge in [-0.1, -0.05) is 6.07 Å². The van der Waals surface area contributed by atoms with Crippen molar-refractivity contribution in [3.63, 3.8) is 0 Å². The molecular weight excluding hydrogens is 416 g/mol. The SMILES string of the molecule is COc1nsc(N2CCC3(CCN(C[C@H](O)c4ccc5c(c4C)COC5=O)CC3)C2)n1. The van der Waals surface area contributed by atoms with Crippen molar-refractivity contribution < 1.29 is 19.4 Å². The smallest absolute Gasteiger partial charge is 0.338 e. The molecule has 1 N–H and O–H groups in total. The molecular formula is C22H28N4O4S. The summed E-state index contributed by atoms with van der Waals surface area (Å²) < 4.78 is 14.5. The molecule has 2 fully saturated rings. The van der Waals surface area contributed by atoms with E-state index in [1.54, 1.807) is 13.2 Å². The van der Waals surface area contributed by atoms with Gasteiger partial charge in [0, 0.05) is 36.7 Å². The summed E-state index contributed by atoms with van der Waals surface area (Å²) in [5, 5.41) is 11.9. The van der Waals surface area contributed by atoms with Crippen LogP contribution in [0.4, 0.5) is 5.13 Å². The lowest BCUT2D eigenvalue weighted by molar-refractivity contribution is 0.0534. The van der Waals surface area contributed by atoms with Crippen molar-refractivity contribution in [3.8, 4) is 6.01 Å². The van der Waals surface area contributed by atoms with E-state index in [0.717, 1.165) is 60.8 Å². The Morgan fingerprint density at radius 1 is 1.29 bits per heavy atom. The maximum atomic E-state index is 11.8. The number of cyclic esters (lactones) is 1. The molecule has 0 bridgehead atoms. The van der Waals surface area contributed by atoms with Crippen molar-refractivity contribution in [2.24, 2.45) is 5.41 Å². The average molecular weight is 445 g/mol. The molecule has 0 aliphatic carbocycles. The number of carbonyl (C=O) groups excluding carboxylic acids is 1. The number of aliphatic hydroxyl groups is 1. The molecule has 3 aliphatic heterocycles. The van der Waals surface area contributed by atoms with Crippen LogP contribution in [0.25, 0.3) is 0 Å². The molecule has 2 saturated heterocycles. The topological polar surface area (TPSA) is 88.0 Å². The number of ether oxygens (including phenoxy) is 2. The standard InChI is InChI=1S/C22H28N4O4S/c1-14-15(3-4-16-17(14)12-30-19(16)28)18(27)11-25-8-5-22(6-9-25)7-10-26(13-22)21-23-20(29-2)24-31-21/h3-4,18,27H,5-13H2,1-2H3/t18-/m0/s1. The average Bonchev–Trinajstić information content (AvgIpc) is 3.50. The number of nitrogens with zero attached hydrogens (tertiary/aromatic N) is 4. The van der Waals surface area contributed by atoms with Crippen molar-refractivity contribution in [2.45, 2.75) is 38.9 Å². The molecule has 0 amide bonds. The fourth-order valence-corrected chi connectivity index (χ4v) is 5.87. The zero-order chi connectivity index (χ0) is 21.6. The molecule has 0 saturated carbocycles. The summed E-state index contributed by atoms with van der Waals surface area (Å²) in [5.74, 6) is -0.266. The second-order valence-electron chi connectivity index (χ2n) is 8.93. The van der Waals surface area contributed by atoms with Gasteiger partial charge < -0.3 is 24.4 Å². The van der Waals surface area contributed by atoms with Crippen LogP contribution in [0.15, 0.2) is 12.1 Å². The highest BCUT2D eigenvalue weighted by Crippen LogP contribution is 2.42. The number of rotatable bonds is 5. The summed E-state index contributed by atoms with van der Waals surface area (Å²) in [6.45, 7) is 6.88. The van der Waals surface area contributed by atoms with Gasteiger partial charge in [-0.2, -0.15) is 4.98 Å². The first-order valence-corrected chi connectivity index (χ1v) is 11.6. The predicted octanol–water partition coefficient (Wildman–Crippen LogP) is 2.55. The predicted molar refractivity (Wildman–Crippen MR) is 117 cm³/mol. The monoisotopic (exact) mass is 444 g/mol. The molecule has 1 atom stereocenters. The summed E-state index contributed by atoms with van der Waals surface area (Å²) >= 11 is 1.40. The lowest BCUT2D eigenvalue weighted by Crippen LogP contribution is -2.43. The molecule has 31 heavy (non-hydrogen) atoms. The minimum Gasteiger partial charge on any atom is -0.466 e. The third-order valence-electron chi connectivity index (χ3n) is 7.20. The molecule has 5 rings (SSSR count). The zero-order valence-corrected chi connectivity index (χ0v) is 18.8. The molecule has 166 valence electrons. The van der Waals surface area contributed by atoms with E-state index in [9.17, 15) is 9.90 Å². The number of aromatic nitrogens is 2. The van der Waals surface area contributed by atoms with Crippen LogP contribution in [-0.4, -0.2) is 65.2 Å². The van der Waals surface area contributed by atoms with Crippen LogP contribution in [0.2, 0.25) is 0 Å². The molecule has 1 spiro atoms. The molecule has 1 aromatic heterocycles. The van der Waals surface area contributed by atoms with Crippen molar-refractivity contribution in [1.82, 2.24) is 14.3 Å². The van der Waals surface area contributed by atoms with Gasteiger partial charge in [0.2, 0.25) is 5.13 Å². The summed E-state index contributed by atoms with van der Waals surface area (Å²) in [6.07, 6.45) is 2.85. The highest BCUT2D eigenvalue weighted by Gasteiger charge is 2.41. The first-order valence-electron chi connectivity index (χ1n) is 10.8. The Labute approximate surface area is 186 Å². The van der Waals surface area contributed by atoms with E-state index in [4.69, 9.17) is 9.47 Å². The van der Waals surface area contributed by atoms with Crippen molar-refractivity contribution in [2.75, 3.05) is 44.7 Å². The number of likely N-dealkylation sites (tertiary alicyclic amines) is 1. The Bertz CT molecular complexity index is 986. The highest BCUT2D eigenvalue weighted by molar-refractivity contribution is 7.09. The van der Waals surface area contributed by atoms with E-state index in [1.807, 2.05) is 13.0 Å². The van der Waals surface area contributed by atoms with E-state index >= 15 is 0 Å². The second kappa shape index (κ2) is 8.03. The summed E-state index contributed by atoms with van der Waals surface area (Å²) in [7, 11) is 1.60. The number of carbonyl (C=O) groups is 1. The van der Waals surface area contributed by atoms with Gasteiger partial charge in [-0.3, -0.25) is 0 Å². The lowest BCUT2D eigenvalue weighted by Gasteiger charge is -2.40. The first-order chi connectivity index (χ1) is 15.0. The van der Waals surface area contributed by atoms with Crippen molar-refractivity contribution >= 4 is 22.6 Å². The minimum absolute atomic E-state index is 0.266. The maximum Gasteiger partial charge on any atom is 0.338 e. The van der Waals surface area contributed by atoms with Crippen LogP contribution in [0, 0.1) is 12.3 Å². The number of anilines is 1. The van der Waals surface area contributed by atoms with E-state index in [-0.39, 0.29) is 5.97 Å². The number of hydrogen-bond donors (Lipinski definition) is 1. The largest absolute Gasteiger partial charge is 0.466 e. The third kappa shape index (κ3) is 3.79. The number of aliphatic hydroxyl groups excluding tert-OH is 1. The summed E-state index contributed by atoms with van der Waals surface area (Å²) in [4.78, 5) is 20.9. The number of β-amino-alcohol motifs (C(OH)–C–C–N with tert-alkyl or cyclic N) is 1. The minimum atomic E-state index is -0.566. The second-order valence-corrected chi connectivity index (χ2v) is 9.66. The van der Waals surface area contributed by atoms with Crippen LogP contribution >= 0.6 is 11.5 Å². The van der Waals surface area contributed by atoms with Crippen LogP contribution in [0.1, 0.15) is 52.4 Å². The normalized spacial score (nSPS) is 21.4. The zero-order valence-electron chi connectivity index (χ0n) is 18.0. The number of esters is 1. The third-order valence-corrected chi connectivity index (χ3v) is 7.96. The molecule has 0 radical (unpaired) electrons. The Morgan fingerprint density at radius 2 is 2.06 bits per heavy atom. The van der Waals surface area contributed by atoms with Crippen molar-refractivity contribution in [3.05, 3.63) is 34.4 Å². The van der Waals surface area contributed by atoms with Gasteiger partial charge >= 0.3 is 12.0 Å². The van der Waals surface area contributed by atoms with E-state index in [2.05, 4.69) is 19.2 Å². The Balaban J connectivity index is 1.18. The van der Waals surface area contributed by atoms with E-state index in [1.165, 1.54) is 18.0 Å². The fourth-order valence-electron chi connectivity index (χ4n) is 5.20. The Morgan fingerprint density at radius 3 is 2.81 bits per heavy atom. The molecule has 4 heterocycles. The molecule has 2 aromatic rings. The Kier molecular flexibility index (Phi) is 5.35. The maximum absolute atomic E-state index is 11.8. The summed E-state index contributed by atoms with van der Waals surface area (Å²) in [6, 6.07) is 4.11. The number of benzene rings is 1. The lowest BCUT2D eigenvalue weighted by atomic mass is 9.77. The van der Waals surface area contributed by atoms with Crippen molar-refractivity contribution in [1.29, 1.82) is 0 Å². The van der Waals surface area contributed by atoms with Crippen LogP contribution in [0.3, 0.4) is 0 Å². The number of methoxy groups -OCH3 is 1. The van der Waals surface area contributed by atoms with E-state index in [0.29, 0.717) is 30.1 Å². The van der Waals surface area contributed by atoms with Gasteiger partial charge in [0.15, 0.2) is 0 Å². The highest BCUT2D eigenvalue weighted by atomic mass is 32.1. The van der Waals surface area contributed by atoms with Gasteiger partial charge in [-0.25, -0.2) is 4.79 Å². The van der Waals surface area contributed by atoms with E-state index < -0.39 is 6.10 Å². The van der Waals surface area contributed by atoms with Crippen LogP contribution in [-0.2, 0) is 11.3 Å². The summed E-state index contributed by atoms with van der Waals surface area (Å²) in [5.41, 5.74) is 3.74. The molecule has 1 aromatic carbocycles. The van der Waals surface area contributed by atoms with Gasteiger partial charge in [0.25, 0.3) is 0 Å². The fraction of sp³-hybridized carbons (Fsp3) is 0.591. The first kappa shape index (κ1) is 20.7. The van der Waals surface area contributed by atoms with Gasteiger partial charge in [-0.15, -0.1) is 4.37 Å². The molecule has 9 heteroatoms. The van der Waals surface area contributed by atoms with Gasteiger partial charge in [0.1, 0.15) is 6.61 Å². The molecule has 3 aliphatic rings. The van der Waals surface area contributed by atoms with Crippen LogP contribution in [0.5, 0.6) is 6.01 Å². The molecule has 0 unspecified atom stereocenters.